The second kappa shape index (κ2) is 8.28. The van der Waals surface area contributed by atoms with Crippen LogP contribution in [0.25, 0.3) is 0 Å². The van der Waals surface area contributed by atoms with E-state index >= 15 is 0 Å². The highest BCUT2D eigenvalue weighted by atomic mass is 35.5. The molecule has 1 aromatic rings. The van der Waals surface area contributed by atoms with E-state index < -0.39 is 5.25 Å². The van der Waals surface area contributed by atoms with Crippen molar-refractivity contribution in [2.45, 2.75) is 54.7 Å². The Morgan fingerprint density at radius 1 is 1.36 bits per heavy atom. The van der Waals surface area contributed by atoms with Crippen molar-refractivity contribution in [3.05, 3.63) is 35.9 Å². The fourth-order valence-electron chi connectivity index (χ4n) is 3.52. The SMILES string of the molecule is C=CCN(C(=O)C[C@@H]1Sc2ccc(Cl)cc2NC1=O)C1CCCCC1. The molecule has 1 N–H and O–H groups in total. The summed E-state index contributed by atoms with van der Waals surface area (Å²) in [6, 6.07) is 5.71. The van der Waals surface area contributed by atoms with Crippen LogP contribution in [0.4, 0.5) is 5.69 Å². The minimum Gasteiger partial charge on any atom is -0.336 e. The average molecular weight is 379 g/mol. The van der Waals surface area contributed by atoms with Crippen LogP contribution in [0.3, 0.4) is 0 Å². The van der Waals surface area contributed by atoms with Crippen LogP contribution in [0.2, 0.25) is 5.02 Å². The molecule has 4 nitrogen and oxygen atoms in total. The largest absolute Gasteiger partial charge is 0.336 e. The lowest BCUT2D eigenvalue weighted by molar-refractivity contribution is -0.134. The molecule has 25 heavy (non-hydrogen) atoms. The van der Waals surface area contributed by atoms with Gasteiger partial charge in [0.25, 0.3) is 0 Å². The maximum Gasteiger partial charge on any atom is 0.238 e. The average Bonchev–Trinajstić information content (AvgIpc) is 2.61. The summed E-state index contributed by atoms with van der Waals surface area (Å²) in [6.45, 7) is 4.34. The second-order valence-corrected chi connectivity index (χ2v) is 8.25. The Hall–Kier alpha value is -1.46. The van der Waals surface area contributed by atoms with Gasteiger partial charge in [-0.3, -0.25) is 9.59 Å². The Morgan fingerprint density at radius 3 is 2.84 bits per heavy atom. The second-order valence-electron chi connectivity index (χ2n) is 6.57. The molecule has 0 bridgehead atoms. The van der Waals surface area contributed by atoms with Crippen molar-refractivity contribution in [1.29, 1.82) is 0 Å². The molecule has 1 saturated carbocycles. The molecule has 0 saturated heterocycles. The Morgan fingerprint density at radius 2 is 2.12 bits per heavy atom. The standard InChI is InChI=1S/C19H23ClN2O2S/c1-2-10-22(14-6-4-3-5-7-14)18(23)12-17-19(24)21-15-11-13(20)8-9-16(15)25-17/h2,8-9,11,14,17H,1,3-7,10,12H2,(H,21,24)/t17-/m0/s1. The molecule has 2 aliphatic rings. The number of hydrogen-bond donors (Lipinski definition) is 1. The highest BCUT2D eigenvalue weighted by Gasteiger charge is 2.32. The highest BCUT2D eigenvalue weighted by Crippen LogP contribution is 2.38. The third-order valence-corrected chi connectivity index (χ3v) is 6.29. The van der Waals surface area contributed by atoms with Crippen LogP contribution < -0.4 is 5.32 Å². The van der Waals surface area contributed by atoms with Crippen LogP contribution in [-0.4, -0.2) is 34.6 Å². The summed E-state index contributed by atoms with van der Waals surface area (Å²) in [6.07, 6.45) is 7.65. The van der Waals surface area contributed by atoms with Gasteiger partial charge in [0.1, 0.15) is 0 Å². The zero-order valence-electron chi connectivity index (χ0n) is 14.2. The van der Waals surface area contributed by atoms with E-state index in [-0.39, 0.29) is 24.3 Å². The van der Waals surface area contributed by atoms with Gasteiger partial charge < -0.3 is 10.2 Å². The summed E-state index contributed by atoms with van der Waals surface area (Å²) in [4.78, 5) is 28.1. The Bertz CT molecular complexity index is 673. The maximum atomic E-state index is 12.9. The summed E-state index contributed by atoms with van der Waals surface area (Å²) in [7, 11) is 0. The normalized spacial score (nSPS) is 20.5. The first kappa shape index (κ1) is 18.3. The third kappa shape index (κ3) is 4.39. The monoisotopic (exact) mass is 378 g/mol. The minimum absolute atomic E-state index is 0.0388. The molecule has 134 valence electrons. The molecular formula is C19H23ClN2O2S. The van der Waals surface area contributed by atoms with Gasteiger partial charge in [0.2, 0.25) is 11.8 Å². The van der Waals surface area contributed by atoms with E-state index in [4.69, 9.17) is 11.6 Å². The Labute approximate surface area is 158 Å². The number of thioether (sulfide) groups is 1. The van der Waals surface area contributed by atoms with Crippen molar-refractivity contribution in [1.82, 2.24) is 4.90 Å². The molecule has 0 aromatic heterocycles. The van der Waals surface area contributed by atoms with Crippen molar-refractivity contribution in [3.8, 4) is 0 Å². The molecule has 1 atom stereocenters. The van der Waals surface area contributed by atoms with Gasteiger partial charge in [-0.1, -0.05) is 36.9 Å². The molecule has 1 aliphatic carbocycles. The van der Waals surface area contributed by atoms with Gasteiger partial charge in [0, 0.05) is 28.9 Å². The van der Waals surface area contributed by atoms with Crippen LogP contribution in [0.5, 0.6) is 0 Å². The summed E-state index contributed by atoms with van der Waals surface area (Å²) < 4.78 is 0. The van der Waals surface area contributed by atoms with E-state index in [2.05, 4.69) is 11.9 Å². The number of carbonyl (C=O) groups excluding carboxylic acids is 2. The molecule has 0 spiro atoms. The quantitative estimate of drug-likeness (QED) is 0.768. The first-order valence-electron chi connectivity index (χ1n) is 8.76. The van der Waals surface area contributed by atoms with Crippen molar-refractivity contribution in [2.75, 3.05) is 11.9 Å². The molecule has 3 rings (SSSR count). The summed E-state index contributed by atoms with van der Waals surface area (Å²) in [5.41, 5.74) is 0.724. The van der Waals surface area contributed by atoms with Gasteiger partial charge in [0.05, 0.1) is 10.9 Å². The first-order valence-corrected chi connectivity index (χ1v) is 10.0. The number of fused-ring (bicyclic) bond motifs is 1. The number of hydrogen-bond acceptors (Lipinski definition) is 3. The van der Waals surface area contributed by atoms with E-state index in [1.54, 1.807) is 18.2 Å². The van der Waals surface area contributed by atoms with Crippen molar-refractivity contribution < 1.29 is 9.59 Å². The summed E-state index contributed by atoms with van der Waals surface area (Å²) in [5, 5.41) is 3.05. The predicted molar refractivity (Wildman–Crippen MR) is 103 cm³/mol. The van der Waals surface area contributed by atoms with Crippen LogP contribution in [0.1, 0.15) is 38.5 Å². The summed E-state index contributed by atoms with van der Waals surface area (Å²) >= 11 is 7.42. The number of anilines is 1. The van der Waals surface area contributed by atoms with Crippen LogP contribution in [0, 0.1) is 0 Å². The fraction of sp³-hybridized carbons (Fsp3) is 0.474. The molecule has 1 aromatic carbocycles. The zero-order valence-corrected chi connectivity index (χ0v) is 15.7. The van der Waals surface area contributed by atoms with Crippen molar-refractivity contribution in [3.63, 3.8) is 0 Å². The number of nitrogens with zero attached hydrogens (tertiary/aromatic N) is 1. The Balaban J connectivity index is 1.69. The van der Waals surface area contributed by atoms with E-state index in [0.29, 0.717) is 11.6 Å². The van der Waals surface area contributed by atoms with Gasteiger partial charge in [-0.2, -0.15) is 0 Å². The van der Waals surface area contributed by atoms with E-state index in [1.165, 1.54) is 31.0 Å². The first-order chi connectivity index (χ1) is 12.1. The summed E-state index contributed by atoms with van der Waals surface area (Å²) in [5.74, 6) is -0.0906. The van der Waals surface area contributed by atoms with Gasteiger partial charge in [-0.25, -0.2) is 0 Å². The molecule has 0 unspecified atom stereocenters. The number of halogens is 1. The highest BCUT2D eigenvalue weighted by molar-refractivity contribution is 8.01. The van der Waals surface area contributed by atoms with E-state index in [9.17, 15) is 9.59 Å². The van der Waals surface area contributed by atoms with Crippen LogP contribution in [-0.2, 0) is 9.59 Å². The molecule has 1 fully saturated rings. The van der Waals surface area contributed by atoms with Crippen LogP contribution >= 0.6 is 23.4 Å². The molecule has 6 heteroatoms. The Kier molecular flexibility index (Phi) is 6.07. The molecular weight excluding hydrogens is 356 g/mol. The van der Waals surface area contributed by atoms with E-state index in [0.717, 1.165) is 23.4 Å². The topological polar surface area (TPSA) is 49.4 Å². The smallest absolute Gasteiger partial charge is 0.238 e. The van der Waals surface area contributed by atoms with Crippen molar-refractivity contribution in [2.24, 2.45) is 0 Å². The predicted octanol–water partition coefficient (Wildman–Crippen LogP) is 4.49. The van der Waals surface area contributed by atoms with Crippen LogP contribution in [0.15, 0.2) is 35.7 Å². The molecule has 0 radical (unpaired) electrons. The van der Waals surface area contributed by atoms with Gasteiger partial charge in [0.15, 0.2) is 0 Å². The third-order valence-electron chi connectivity index (χ3n) is 4.78. The van der Waals surface area contributed by atoms with Gasteiger partial charge >= 0.3 is 0 Å². The van der Waals surface area contributed by atoms with Crippen molar-refractivity contribution >= 4 is 40.9 Å². The maximum absolute atomic E-state index is 12.9. The molecule has 1 aliphatic heterocycles. The lowest BCUT2D eigenvalue weighted by atomic mass is 9.94. The number of amides is 2. The number of carbonyl (C=O) groups is 2. The lowest BCUT2D eigenvalue weighted by Gasteiger charge is -2.35. The number of nitrogens with one attached hydrogen (secondary N) is 1. The molecule has 1 heterocycles. The fourth-order valence-corrected chi connectivity index (χ4v) is 4.77. The number of benzene rings is 1. The lowest BCUT2D eigenvalue weighted by Crippen LogP contribution is -2.44. The molecule has 2 amide bonds. The van der Waals surface area contributed by atoms with E-state index in [1.807, 2.05) is 11.0 Å². The zero-order chi connectivity index (χ0) is 17.8. The minimum atomic E-state index is -0.405. The van der Waals surface area contributed by atoms with Gasteiger partial charge in [-0.05, 0) is 31.0 Å². The van der Waals surface area contributed by atoms with Gasteiger partial charge in [-0.15, -0.1) is 18.3 Å². The number of rotatable bonds is 5.